The van der Waals surface area contributed by atoms with Gasteiger partial charge in [-0.15, -0.1) is 11.3 Å². The Labute approximate surface area is 111 Å². The van der Waals surface area contributed by atoms with Crippen LogP contribution in [0.1, 0.15) is 40.6 Å². The van der Waals surface area contributed by atoms with Crippen LogP contribution in [0.5, 0.6) is 0 Å². The van der Waals surface area contributed by atoms with E-state index in [1.807, 2.05) is 5.38 Å². The number of amides is 1. The molecule has 1 aromatic heterocycles. The maximum Gasteiger partial charge on any atom is 0.255 e. The zero-order chi connectivity index (χ0) is 12.7. The molecule has 1 aromatic rings. The highest BCUT2D eigenvalue weighted by Gasteiger charge is 2.29. The molecule has 1 aliphatic heterocycles. The van der Waals surface area contributed by atoms with Crippen molar-refractivity contribution in [2.45, 2.75) is 38.7 Å². The van der Waals surface area contributed by atoms with E-state index in [1.54, 1.807) is 16.2 Å². The Morgan fingerprint density at radius 3 is 3.06 bits per heavy atom. The smallest absolute Gasteiger partial charge is 0.255 e. The fraction of sp³-hybridized carbons (Fsp3) is 0.643. The van der Waals surface area contributed by atoms with Gasteiger partial charge in [-0.25, -0.2) is 0 Å². The van der Waals surface area contributed by atoms with Gasteiger partial charge >= 0.3 is 0 Å². The van der Waals surface area contributed by atoms with Crippen LogP contribution < -0.4 is 0 Å². The number of hydrogen-bond donors (Lipinski definition) is 1. The number of likely N-dealkylation sites (tertiary alicyclic amines) is 1. The van der Waals surface area contributed by atoms with E-state index < -0.39 is 0 Å². The molecule has 1 amide bonds. The molecular formula is C14H19NO2S. The van der Waals surface area contributed by atoms with E-state index in [2.05, 4.69) is 6.92 Å². The molecule has 1 saturated heterocycles. The van der Waals surface area contributed by atoms with Crippen LogP contribution >= 0.6 is 11.3 Å². The van der Waals surface area contributed by atoms with E-state index in [9.17, 15) is 9.90 Å². The van der Waals surface area contributed by atoms with E-state index in [0.29, 0.717) is 13.1 Å². The molecule has 2 atom stereocenters. The van der Waals surface area contributed by atoms with Crippen molar-refractivity contribution < 1.29 is 9.90 Å². The van der Waals surface area contributed by atoms with E-state index >= 15 is 0 Å². The minimum Gasteiger partial charge on any atom is -0.391 e. The Kier molecular flexibility index (Phi) is 3.16. The summed E-state index contributed by atoms with van der Waals surface area (Å²) in [5.74, 6) is 0.867. The van der Waals surface area contributed by atoms with Crippen LogP contribution in [0.4, 0.5) is 0 Å². The van der Waals surface area contributed by atoms with Gasteiger partial charge in [0.2, 0.25) is 0 Å². The zero-order valence-electron chi connectivity index (χ0n) is 10.7. The van der Waals surface area contributed by atoms with Crippen LogP contribution in [0.2, 0.25) is 0 Å². The summed E-state index contributed by atoms with van der Waals surface area (Å²) in [4.78, 5) is 15.6. The zero-order valence-corrected chi connectivity index (χ0v) is 11.5. The summed E-state index contributed by atoms with van der Waals surface area (Å²) in [6.07, 6.45) is 3.73. The van der Waals surface area contributed by atoms with Crippen LogP contribution in [0, 0.1) is 5.92 Å². The lowest BCUT2D eigenvalue weighted by Gasteiger charge is -2.20. The van der Waals surface area contributed by atoms with Gasteiger partial charge in [0.25, 0.3) is 5.91 Å². The maximum atomic E-state index is 12.4. The quantitative estimate of drug-likeness (QED) is 0.844. The highest BCUT2D eigenvalue weighted by Crippen LogP contribution is 2.33. The van der Waals surface area contributed by atoms with Crippen molar-refractivity contribution in [3.05, 3.63) is 21.4 Å². The average Bonchev–Trinajstić information content (AvgIpc) is 2.94. The predicted octanol–water partition coefficient (Wildman–Crippen LogP) is 2.08. The highest BCUT2D eigenvalue weighted by atomic mass is 32.1. The standard InChI is InChI=1S/C14H19NO2S/c1-9-2-3-11-12(8-18-13(11)6-9)14(17)15-5-4-10(16)7-15/h8-10,16H,2-7H2,1H3. The molecule has 0 radical (unpaired) electrons. The maximum absolute atomic E-state index is 12.4. The normalized spacial score (nSPS) is 27.3. The Hall–Kier alpha value is -0.870. The first-order valence-electron chi connectivity index (χ1n) is 6.71. The number of nitrogens with zero attached hydrogens (tertiary/aromatic N) is 1. The number of carbonyl (C=O) groups is 1. The van der Waals surface area contributed by atoms with Crippen molar-refractivity contribution >= 4 is 17.2 Å². The monoisotopic (exact) mass is 265 g/mol. The average molecular weight is 265 g/mol. The second-order valence-electron chi connectivity index (χ2n) is 5.59. The molecular weight excluding hydrogens is 246 g/mol. The molecule has 1 fully saturated rings. The number of hydrogen-bond acceptors (Lipinski definition) is 3. The van der Waals surface area contributed by atoms with Crippen molar-refractivity contribution in [2.75, 3.05) is 13.1 Å². The number of aliphatic hydroxyl groups excluding tert-OH is 1. The number of thiophene rings is 1. The van der Waals surface area contributed by atoms with Crippen LogP contribution in [-0.4, -0.2) is 35.1 Å². The van der Waals surface area contributed by atoms with Crippen molar-refractivity contribution in [1.29, 1.82) is 0 Å². The van der Waals surface area contributed by atoms with Crippen LogP contribution in [0.25, 0.3) is 0 Å². The fourth-order valence-electron chi connectivity index (χ4n) is 2.95. The van der Waals surface area contributed by atoms with Gasteiger partial charge in [0.05, 0.1) is 11.7 Å². The Morgan fingerprint density at radius 1 is 1.50 bits per heavy atom. The topological polar surface area (TPSA) is 40.5 Å². The first-order valence-corrected chi connectivity index (χ1v) is 7.59. The molecule has 3 nitrogen and oxygen atoms in total. The van der Waals surface area contributed by atoms with Crippen molar-refractivity contribution in [2.24, 2.45) is 5.92 Å². The molecule has 0 saturated carbocycles. The first kappa shape index (κ1) is 12.2. The summed E-state index contributed by atoms with van der Waals surface area (Å²) in [5, 5.41) is 11.6. The Balaban J connectivity index is 1.83. The molecule has 3 rings (SSSR count). The fourth-order valence-corrected chi connectivity index (χ4v) is 4.19. The lowest BCUT2D eigenvalue weighted by Crippen LogP contribution is -2.30. The van der Waals surface area contributed by atoms with E-state index in [4.69, 9.17) is 0 Å². The highest BCUT2D eigenvalue weighted by molar-refractivity contribution is 7.10. The van der Waals surface area contributed by atoms with Crippen LogP contribution in [-0.2, 0) is 12.8 Å². The second-order valence-corrected chi connectivity index (χ2v) is 6.56. The summed E-state index contributed by atoms with van der Waals surface area (Å²) >= 11 is 1.73. The molecule has 1 N–H and O–H groups in total. The molecule has 4 heteroatoms. The number of fused-ring (bicyclic) bond motifs is 1. The first-order chi connectivity index (χ1) is 8.65. The van der Waals surface area contributed by atoms with Gasteiger partial charge in [0.15, 0.2) is 0 Å². The third kappa shape index (κ3) is 2.08. The molecule has 1 aliphatic carbocycles. The number of rotatable bonds is 1. The molecule has 0 aromatic carbocycles. The number of aliphatic hydroxyl groups is 1. The van der Waals surface area contributed by atoms with E-state index in [0.717, 1.165) is 30.7 Å². The van der Waals surface area contributed by atoms with Gasteiger partial charge in [0.1, 0.15) is 0 Å². The SMILES string of the molecule is CC1CCc2c(C(=O)N3CCC(O)C3)csc2C1. The third-order valence-corrected chi connectivity index (χ3v) is 5.13. The Morgan fingerprint density at radius 2 is 2.33 bits per heavy atom. The van der Waals surface area contributed by atoms with Crippen LogP contribution in [0.15, 0.2) is 5.38 Å². The summed E-state index contributed by atoms with van der Waals surface area (Å²) in [6, 6.07) is 0. The summed E-state index contributed by atoms with van der Waals surface area (Å²) in [7, 11) is 0. The van der Waals surface area contributed by atoms with Gasteiger partial charge < -0.3 is 10.0 Å². The van der Waals surface area contributed by atoms with Gasteiger partial charge in [-0.05, 0) is 37.2 Å². The summed E-state index contributed by atoms with van der Waals surface area (Å²) in [5.41, 5.74) is 2.18. The molecule has 2 aliphatic rings. The van der Waals surface area contributed by atoms with Crippen molar-refractivity contribution in [3.8, 4) is 0 Å². The van der Waals surface area contributed by atoms with Crippen LogP contribution in [0.3, 0.4) is 0 Å². The lowest BCUT2D eigenvalue weighted by atomic mass is 9.88. The molecule has 18 heavy (non-hydrogen) atoms. The predicted molar refractivity (Wildman–Crippen MR) is 72.0 cm³/mol. The minimum atomic E-state index is -0.330. The summed E-state index contributed by atoms with van der Waals surface area (Å²) < 4.78 is 0. The van der Waals surface area contributed by atoms with E-state index in [1.165, 1.54) is 16.9 Å². The second kappa shape index (κ2) is 4.67. The lowest BCUT2D eigenvalue weighted by molar-refractivity contribution is 0.0764. The van der Waals surface area contributed by atoms with Gasteiger partial charge in [-0.3, -0.25) is 4.79 Å². The van der Waals surface area contributed by atoms with E-state index in [-0.39, 0.29) is 12.0 Å². The molecule has 0 spiro atoms. The number of β-amino-alcohol motifs (C(OH)–C–C–N with tert-alkyl or cyclic N) is 1. The Bertz CT molecular complexity index is 468. The van der Waals surface area contributed by atoms with Gasteiger partial charge in [-0.2, -0.15) is 0 Å². The molecule has 98 valence electrons. The van der Waals surface area contributed by atoms with Crippen molar-refractivity contribution in [3.63, 3.8) is 0 Å². The minimum absolute atomic E-state index is 0.124. The molecule has 0 bridgehead atoms. The summed E-state index contributed by atoms with van der Waals surface area (Å²) in [6.45, 7) is 3.47. The molecule has 2 heterocycles. The number of carbonyl (C=O) groups excluding carboxylic acids is 1. The van der Waals surface area contributed by atoms with Gasteiger partial charge in [0, 0.05) is 23.3 Å². The van der Waals surface area contributed by atoms with Crippen molar-refractivity contribution in [1.82, 2.24) is 4.90 Å². The molecule has 2 unspecified atom stereocenters. The van der Waals surface area contributed by atoms with Gasteiger partial charge in [-0.1, -0.05) is 6.92 Å². The third-order valence-electron chi connectivity index (χ3n) is 4.08. The largest absolute Gasteiger partial charge is 0.391 e.